The summed E-state index contributed by atoms with van der Waals surface area (Å²) < 4.78 is 13.3. The average molecular weight is 334 g/mol. The maximum Gasteiger partial charge on any atom is 0.161 e. The van der Waals surface area contributed by atoms with Crippen LogP contribution in [0.15, 0.2) is 55.0 Å². The van der Waals surface area contributed by atoms with Crippen molar-refractivity contribution >= 4 is 0 Å². The molecular weight excluding hydrogens is 316 g/mol. The third-order valence-electron chi connectivity index (χ3n) is 5.00. The van der Waals surface area contributed by atoms with Crippen LogP contribution >= 0.6 is 0 Å². The Labute approximate surface area is 145 Å². The highest BCUT2D eigenvalue weighted by molar-refractivity contribution is 5.69. The van der Waals surface area contributed by atoms with Crippen LogP contribution in [0.25, 0.3) is 11.3 Å². The second-order valence-electron chi connectivity index (χ2n) is 6.44. The number of hydrogen-bond acceptors (Lipinski definition) is 4. The van der Waals surface area contributed by atoms with Crippen LogP contribution in [-0.4, -0.2) is 27.9 Å². The maximum atomic E-state index is 10.8. The molecule has 5 nitrogen and oxygen atoms in total. The highest BCUT2D eigenvalue weighted by Gasteiger charge is 2.30. The van der Waals surface area contributed by atoms with E-state index in [0.717, 1.165) is 17.0 Å². The topological polar surface area (TPSA) is 56.5 Å². The van der Waals surface area contributed by atoms with Gasteiger partial charge in [0.2, 0.25) is 0 Å². The van der Waals surface area contributed by atoms with Crippen molar-refractivity contribution in [3.05, 3.63) is 66.1 Å². The molecule has 0 radical (unpaired) electrons. The number of fused-ring (bicyclic) bond motifs is 4. The van der Waals surface area contributed by atoms with Crippen LogP contribution in [0.2, 0.25) is 0 Å². The van der Waals surface area contributed by atoms with E-state index in [0.29, 0.717) is 25.4 Å². The molecule has 25 heavy (non-hydrogen) atoms. The lowest BCUT2D eigenvalue weighted by Crippen LogP contribution is -2.16. The quantitative estimate of drug-likeness (QED) is 0.798. The van der Waals surface area contributed by atoms with Gasteiger partial charge < -0.3 is 19.1 Å². The first kappa shape index (κ1) is 14.5. The van der Waals surface area contributed by atoms with Gasteiger partial charge in [0.25, 0.3) is 0 Å². The lowest BCUT2D eigenvalue weighted by atomic mass is 9.95. The van der Waals surface area contributed by atoms with Gasteiger partial charge in [-0.1, -0.05) is 30.3 Å². The summed E-state index contributed by atoms with van der Waals surface area (Å²) in [4.78, 5) is 4.28. The van der Waals surface area contributed by atoms with Crippen LogP contribution in [0, 0.1) is 0 Å². The molecule has 2 unspecified atom stereocenters. The first-order valence-corrected chi connectivity index (χ1v) is 8.50. The van der Waals surface area contributed by atoms with Crippen molar-refractivity contribution in [2.75, 3.05) is 13.2 Å². The Morgan fingerprint density at radius 3 is 2.88 bits per heavy atom. The normalized spacial score (nSPS) is 18.5. The first-order chi connectivity index (χ1) is 12.3. The van der Waals surface area contributed by atoms with Crippen LogP contribution < -0.4 is 9.47 Å². The molecule has 1 aromatic heterocycles. The van der Waals surface area contributed by atoms with Gasteiger partial charge in [-0.15, -0.1) is 0 Å². The largest absolute Gasteiger partial charge is 0.486 e. The second-order valence-corrected chi connectivity index (χ2v) is 6.44. The van der Waals surface area contributed by atoms with Gasteiger partial charge in [-0.3, -0.25) is 0 Å². The molecule has 2 aliphatic rings. The number of benzene rings is 2. The summed E-state index contributed by atoms with van der Waals surface area (Å²) in [5.74, 6) is 1.45. The number of rotatable bonds is 3. The lowest BCUT2D eigenvalue weighted by Gasteiger charge is -2.22. The monoisotopic (exact) mass is 334 g/mol. The van der Waals surface area contributed by atoms with Crippen LogP contribution in [0.1, 0.15) is 29.7 Å². The fraction of sp³-hybridized carbons (Fsp3) is 0.250. The van der Waals surface area contributed by atoms with Gasteiger partial charge in [-0.25, -0.2) is 4.98 Å². The maximum absolute atomic E-state index is 10.8. The number of nitrogens with zero attached hydrogens (tertiary/aromatic N) is 2. The molecule has 0 aliphatic carbocycles. The zero-order valence-corrected chi connectivity index (χ0v) is 13.6. The smallest absolute Gasteiger partial charge is 0.161 e. The molecule has 2 atom stereocenters. The van der Waals surface area contributed by atoms with Crippen LogP contribution in [0.3, 0.4) is 0 Å². The molecule has 0 spiro atoms. The third-order valence-corrected chi connectivity index (χ3v) is 5.00. The fourth-order valence-electron chi connectivity index (χ4n) is 3.79. The van der Waals surface area contributed by atoms with Crippen LogP contribution in [0.5, 0.6) is 11.5 Å². The molecule has 126 valence electrons. The third kappa shape index (κ3) is 2.31. The molecule has 5 heteroatoms. The summed E-state index contributed by atoms with van der Waals surface area (Å²) in [6.45, 7) is 1.11. The summed E-state index contributed by atoms with van der Waals surface area (Å²) in [6, 6.07) is 14.1. The number of ether oxygens (including phenoxy) is 2. The Balaban J connectivity index is 1.46. The summed E-state index contributed by atoms with van der Waals surface area (Å²) in [7, 11) is 0. The number of aliphatic hydroxyl groups excluding tert-OH is 1. The molecular formula is C20H18N2O3. The Hall–Kier alpha value is -2.79. The van der Waals surface area contributed by atoms with Gasteiger partial charge >= 0.3 is 0 Å². The summed E-state index contributed by atoms with van der Waals surface area (Å²) in [5.41, 5.74) is 4.38. The zero-order chi connectivity index (χ0) is 16.8. The predicted octanol–water partition coefficient (Wildman–Crippen LogP) is 3.35. The van der Waals surface area contributed by atoms with Crippen molar-refractivity contribution in [1.82, 2.24) is 9.55 Å². The Morgan fingerprint density at radius 2 is 1.96 bits per heavy atom. The molecule has 0 fully saturated rings. The predicted molar refractivity (Wildman–Crippen MR) is 92.8 cm³/mol. The van der Waals surface area contributed by atoms with Gasteiger partial charge in [0, 0.05) is 12.0 Å². The van der Waals surface area contributed by atoms with Gasteiger partial charge in [-0.05, 0) is 23.3 Å². The zero-order valence-electron chi connectivity index (χ0n) is 13.6. The molecule has 2 aromatic carbocycles. The van der Waals surface area contributed by atoms with E-state index in [1.165, 1.54) is 11.1 Å². The van der Waals surface area contributed by atoms with Crippen molar-refractivity contribution < 1.29 is 14.6 Å². The van der Waals surface area contributed by atoms with E-state index in [9.17, 15) is 5.11 Å². The lowest BCUT2D eigenvalue weighted by molar-refractivity contribution is 0.149. The molecule has 3 heterocycles. The number of imidazole rings is 1. The van der Waals surface area contributed by atoms with E-state index in [1.807, 2.05) is 42.9 Å². The van der Waals surface area contributed by atoms with Crippen LogP contribution in [-0.2, 0) is 0 Å². The Bertz CT molecular complexity index is 934. The van der Waals surface area contributed by atoms with Gasteiger partial charge in [0.15, 0.2) is 11.5 Å². The highest BCUT2D eigenvalue weighted by Crippen LogP contribution is 2.43. The highest BCUT2D eigenvalue weighted by atomic mass is 16.6. The number of aromatic nitrogens is 2. The van der Waals surface area contributed by atoms with E-state index in [2.05, 4.69) is 21.7 Å². The molecule has 0 bridgehead atoms. The molecule has 0 amide bonds. The second kappa shape index (κ2) is 5.63. The molecule has 1 N–H and O–H groups in total. The minimum absolute atomic E-state index is 0.0805. The molecule has 0 saturated carbocycles. The number of aliphatic hydroxyl groups is 1. The Morgan fingerprint density at radius 1 is 1.12 bits per heavy atom. The Kier molecular flexibility index (Phi) is 3.28. The summed E-state index contributed by atoms with van der Waals surface area (Å²) in [6.07, 6.45) is 3.72. The minimum atomic E-state index is -0.595. The van der Waals surface area contributed by atoms with Crippen molar-refractivity contribution in [3.8, 4) is 22.8 Å². The van der Waals surface area contributed by atoms with E-state index in [4.69, 9.17) is 9.47 Å². The fourth-order valence-corrected chi connectivity index (χ4v) is 3.79. The SMILES string of the molecule is OC(CC1c2ccccc2-c2cncn21)c1ccc2c(c1)OCCO2. The van der Waals surface area contributed by atoms with Gasteiger partial charge in [0.05, 0.1) is 30.4 Å². The number of hydrogen-bond donors (Lipinski definition) is 1. The van der Waals surface area contributed by atoms with E-state index in [1.54, 1.807) is 0 Å². The van der Waals surface area contributed by atoms with Crippen molar-refractivity contribution in [3.63, 3.8) is 0 Å². The molecule has 0 saturated heterocycles. The summed E-state index contributed by atoms with van der Waals surface area (Å²) in [5, 5.41) is 10.8. The summed E-state index contributed by atoms with van der Waals surface area (Å²) >= 11 is 0. The standard InChI is InChI=1S/C20H18N2O3/c23-18(13-5-6-19-20(9-13)25-8-7-24-19)10-16-14-3-1-2-4-15(14)17-11-21-12-22(16)17/h1-6,9,11-12,16,18,23H,7-8,10H2. The van der Waals surface area contributed by atoms with Crippen molar-refractivity contribution in [2.45, 2.75) is 18.6 Å². The van der Waals surface area contributed by atoms with Gasteiger partial charge in [0.1, 0.15) is 13.2 Å². The van der Waals surface area contributed by atoms with Crippen molar-refractivity contribution in [2.24, 2.45) is 0 Å². The minimum Gasteiger partial charge on any atom is -0.486 e. The van der Waals surface area contributed by atoms with E-state index >= 15 is 0 Å². The molecule has 3 aromatic rings. The average Bonchev–Trinajstić information content (AvgIpc) is 3.24. The van der Waals surface area contributed by atoms with Crippen LogP contribution in [0.4, 0.5) is 0 Å². The first-order valence-electron chi connectivity index (χ1n) is 8.50. The van der Waals surface area contributed by atoms with Crippen molar-refractivity contribution in [1.29, 1.82) is 0 Å². The van der Waals surface area contributed by atoms with Gasteiger partial charge in [-0.2, -0.15) is 0 Å². The van der Waals surface area contributed by atoms with E-state index < -0.39 is 6.10 Å². The molecule has 2 aliphatic heterocycles. The van der Waals surface area contributed by atoms with E-state index in [-0.39, 0.29) is 6.04 Å². The molecule has 5 rings (SSSR count).